The molecule has 1 atom stereocenters. The van der Waals surface area contributed by atoms with Crippen LogP contribution in [-0.2, 0) is 25.5 Å². The van der Waals surface area contributed by atoms with Crippen LogP contribution in [0.4, 0.5) is 5.69 Å². The van der Waals surface area contributed by atoms with Crippen LogP contribution in [0.5, 0.6) is 0 Å². The first kappa shape index (κ1) is 26.2. The maximum atomic E-state index is 12.8. The Labute approximate surface area is 210 Å². The van der Waals surface area contributed by atoms with E-state index in [0.29, 0.717) is 11.3 Å². The van der Waals surface area contributed by atoms with Gasteiger partial charge in [-0.25, -0.2) is 4.79 Å². The number of nitrogens with one attached hydrogen (secondary N) is 2. The van der Waals surface area contributed by atoms with E-state index in [2.05, 4.69) is 10.6 Å². The summed E-state index contributed by atoms with van der Waals surface area (Å²) >= 11 is 0. The third kappa shape index (κ3) is 8.09. The van der Waals surface area contributed by atoms with E-state index in [0.717, 1.165) is 11.1 Å². The fourth-order valence-corrected chi connectivity index (χ4v) is 3.36. The first-order chi connectivity index (χ1) is 17.3. The largest absolute Gasteiger partial charge is 0.454 e. The van der Waals surface area contributed by atoms with E-state index < -0.39 is 30.4 Å². The second-order valence-electron chi connectivity index (χ2n) is 8.35. The molecular formula is C28H29N3O5. The molecule has 0 aliphatic rings. The standard InChI is InChI=1S/C28H29N3O5/c1-20-13-15-23(16-14-20)29-25(32)18-31(2)26(33)19-36-28(35)24(17-21-9-5-3-6-10-21)30-27(34)22-11-7-4-8-12-22/h3-16,24H,17-19H2,1-2H3,(H,29,32)(H,30,34). The number of ether oxygens (including phenoxy) is 1. The van der Waals surface area contributed by atoms with E-state index in [9.17, 15) is 19.2 Å². The Balaban J connectivity index is 1.56. The van der Waals surface area contributed by atoms with Crippen LogP contribution >= 0.6 is 0 Å². The Morgan fingerprint density at radius 1 is 0.861 bits per heavy atom. The van der Waals surface area contributed by atoms with Gasteiger partial charge < -0.3 is 20.3 Å². The van der Waals surface area contributed by atoms with E-state index >= 15 is 0 Å². The summed E-state index contributed by atoms with van der Waals surface area (Å²) in [6.45, 7) is 1.18. The molecule has 1 unspecified atom stereocenters. The lowest BCUT2D eigenvalue weighted by Gasteiger charge is -2.20. The fraction of sp³-hybridized carbons (Fsp3) is 0.214. The molecule has 0 aliphatic heterocycles. The lowest BCUT2D eigenvalue weighted by Crippen LogP contribution is -2.45. The zero-order valence-electron chi connectivity index (χ0n) is 20.3. The zero-order chi connectivity index (χ0) is 25.9. The number of carbonyl (C=O) groups excluding carboxylic acids is 4. The minimum Gasteiger partial charge on any atom is -0.454 e. The molecule has 0 fully saturated rings. The predicted octanol–water partition coefficient (Wildman–Crippen LogP) is 2.98. The molecule has 3 amide bonds. The maximum Gasteiger partial charge on any atom is 0.329 e. The molecule has 3 aromatic rings. The first-order valence-electron chi connectivity index (χ1n) is 11.5. The number of hydrogen-bond acceptors (Lipinski definition) is 5. The summed E-state index contributed by atoms with van der Waals surface area (Å²) < 4.78 is 5.23. The number of nitrogens with zero attached hydrogens (tertiary/aromatic N) is 1. The molecule has 0 spiro atoms. The molecule has 3 aromatic carbocycles. The Morgan fingerprint density at radius 3 is 2.11 bits per heavy atom. The molecule has 2 N–H and O–H groups in total. The smallest absolute Gasteiger partial charge is 0.329 e. The number of anilines is 1. The summed E-state index contributed by atoms with van der Waals surface area (Å²) in [7, 11) is 1.45. The van der Waals surface area contributed by atoms with E-state index in [1.165, 1.54) is 11.9 Å². The molecule has 0 saturated carbocycles. The highest BCUT2D eigenvalue weighted by Crippen LogP contribution is 2.09. The Bertz CT molecular complexity index is 1180. The first-order valence-corrected chi connectivity index (χ1v) is 11.5. The topological polar surface area (TPSA) is 105 Å². The quantitative estimate of drug-likeness (QED) is 0.428. The van der Waals surface area contributed by atoms with Gasteiger partial charge in [-0.2, -0.15) is 0 Å². The molecule has 36 heavy (non-hydrogen) atoms. The van der Waals surface area contributed by atoms with Crippen LogP contribution in [0.3, 0.4) is 0 Å². The fourth-order valence-electron chi connectivity index (χ4n) is 3.36. The van der Waals surface area contributed by atoms with Gasteiger partial charge >= 0.3 is 5.97 Å². The van der Waals surface area contributed by atoms with Gasteiger partial charge in [0.1, 0.15) is 6.04 Å². The maximum absolute atomic E-state index is 12.8. The SMILES string of the molecule is Cc1ccc(NC(=O)CN(C)C(=O)COC(=O)C(Cc2ccccc2)NC(=O)c2ccccc2)cc1. The van der Waals surface area contributed by atoms with Gasteiger partial charge in [-0.1, -0.05) is 66.2 Å². The number of benzene rings is 3. The van der Waals surface area contributed by atoms with Crippen molar-refractivity contribution < 1.29 is 23.9 Å². The van der Waals surface area contributed by atoms with Crippen molar-refractivity contribution in [1.29, 1.82) is 0 Å². The highest BCUT2D eigenvalue weighted by Gasteiger charge is 2.25. The molecule has 3 rings (SSSR count). The average molecular weight is 488 g/mol. The van der Waals surface area contributed by atoms with Gasteiger partial charge in [-0.15, -0.1) is 0 Å². The molecule has 0 bridgehead atoms. The second-order valence-corrected chi connectivity index (χ2v) is 8.35. The summed E-state index contributed by atoms with van der Waals surface area (Å²) in [6, 6.07) is 24.0. The predicted molar refractivity (Wildman–Crippen MR) is 136 cm³/mol. The second kappa shape index (κ2) is 12.9. The molecule has 8 heteroatoms. The number of carbonyl (C=O) groups is 4. The van der Waals surface area contributed by atoms with Crippen molar-refractivity contribution in [3.63, 3.8) is 0 Å². The summed E-state index contributed by atoms with van der Waals surface area (Å²) in [4.78, 5) is 51.4. The minimum atomic E-state index is -0.997. The number of likely N-dealkylation sites (N-methyl/N-ethyl adjacent to an activating group) is 1. The summed E-state index contributed by atoms with van der Waals surface area (Å²) in [5.74, 6) is -2.09. The van der Waals surface area contributed by atoms with Gasteiger partial charge in [0, 0.05) is 24.7 Å². The summed E-state index contributed by atoms with van der Waals surface area (Å²) in [5, 5.41) is 5.41. The van der Waals surface area contributed by atoms with Gasteiger partial charge in [-0.3, -0.25) is 14.4 Å². The van der Waals surface area contributed by atoms with Gasteiger partial charge in [0.05, 0.1) is 6.54 Å². The van der Waals surface area contributed by atoms with Crippen molar-refractivity contribution in [1.82, 2.24) is 10.2 Å². The van der Waals surface area contributed by atoms with Crippen LogP contribution in [0.1, 0.15) is 21.5 Å². The molecule has 0 heterocycles. The molecule has 186 valence electrons. The van der Waals surface area contributed by atoms with Gasteiger partial charge in [0.2, 0.25) is 5.91 Å². The molecular weight excluding hydrogens is 458 g/mol. The number of esters is 1. The van der Waals surface area contributed by atoms with Crippen LogP contribution in [-0.4, -0.2) is 54.8 Å². The van der Waals surface area contributed by atoms with Crippen LogP contribution in [0, 0.1) is 6.92 Å². The van der Waals surface area contributed by atoms with Crippen molar-refractivity contribution in [2.45, 2.75) is 19.4 Å². The summed E-state index contributed by atoms with van der Waals surface area (Å²) in [5.41, 5.74) is 2.91. The third-order valence-corrected chi connectivity index (χ3v) is 5.39. The van der Waals surface area contributed by atoms with E-state index in [4.69, 9.17) is 4.74 Å². The van der Waals surface area contributed by atoms with Gasteiger partial charge in [0.25, 0.3) is 11.8 Å². The highest BCUT2D eigenvalue weighted by molar-refractivity contribution is 5.97. The van der Waals surface area contributed by atoms with Crippen LogP contribution in [0.15, 0.2) is 84.9 Å². The van der Waals surface area contributed by atoms with Crippen molar-refractivity contribution in [2.24, 2.45) is 0 Å². The van der Waals surface area contributed by atoms with Crippen molar-refractivity contribution in [2.75, 3.05) is 25.5 Å². The Hall–Kier alpha value is -4.46. The van der Waals surface area contributed by atoms with Gasteiger partial charge in [-0.05, 0) is 36.8 Å². The number of amides is 3. The highest BCUT2D eigenvalue weighted by atomic mass is 16.5. The Kier molecular flexibility index (Phi) is 9.33. The van der Waals surface area contributed by atoms with E-state index in [1.807, 2.05) is 49.4 Å². The van der Waals surface area contributed by atoms with Crippen molar-refractivity contribution in [3.8, 4) is 0 Å². The average Bonchev–Trinajstić information content (AvgIpc) is 2.89. The van der Waals surface area contributed by atoms with Crippen molar-refractivity contribution in [3.05, 3.63) is 102 Å². The van der Waals surface area contributed by atoms with Crippen LogP contribution < -0.4 is 10.6 Å². The van der Waals surface area contributed by atoms with Crippen LogP contribution in [0.25, 0.3) is 0 Å². The number of rotatable bonds is 10. The lowest BCUT2D eigenvalue weighted by molar-refractivity contribution is -0.153. The normalized spacial score (nSPS) is 11.2. The Morgan fingerprint density at radius 2 is 1.47 bits per heavy atom. The third-order valence-electron chi connectivity index (χ3n) is 5.39. The number of hydrogen-bond donors (Lipinski definition) is 2. The molecule has 0 aromatic heterocycles. The monoisotopic (exact) mass is 487 g/mol. The zero-order valence-corrected chi connectivity index (χ0v) is 20.3. The minimum absolute atomic E-state index is 0.196. The molecule has 8 nitrogen and oxygen atoms in total. The van der Waals surface area contributed by atoms with Gasteiger partial charge in [0.15, 0.2) is 6.61 Å². The van der Waals surface area contributed by atoms with Crippen LogP contribution in [0.2, 0.25) is 0 Å². The lowest BCUT2D eigenvalue weighted by atomic mass is 10.1. The van der Waals surface area contributed by atoms with Crippen molar-refractivity contribution >= 4 is 29.4 Å². The molecule has 0 radical (unpaired) electrons. The molecule has 0 saturated heterocycles. The number of aryl methyl sites for hydroxylation is 1. The van der Waals surface area contributed by atoms with E-state index in [-0.39, 0.29) is 18.9 Å². The van der Waals surface area contributed by atoms with E-state index in [1.54, 1.807) is 42.5 Å². The molecule has 0 aliphatic carbocycles. The summed E-state index contributed by atoms with van der Waals surface area (Å²) in [6.07, 6.45) is 0.196.